The lowest BCUT2D eigenvalue weighted by atomic mass is 9.95. The maximum atomic E-state index is 4.39. The molecule has 0 aromatic carbocycles. The maximum absolute atomic E-state index is 4.39. The third-order valence-electron chi connectivity index (χ3n) is 3.70. The smallest absolute Gasteiger partial charge is 0.0755 e. The van der Waals surface area contributed by atoms with Crippen molar-refractivity contribution in [2.24, 2.45) is 5.92 Å². The zero-order valence-corrected chi connectivity index (χ0v) is 10.8. The summed E-state index contributed by atoms with van der Waals surface area (Å²) in [5.74, 6) is 0.838. The van der Waals surface area contributed by atoms with Gasteiger partial charge in [0.25, 0.3) is 0 Å². The summed E-state index contributed by atoms with van der Waals surface area (Å²) in [7, 11) is 2.04. The topological polar surface area (TPSA) is 41.0 Å². The molecule has 0 bridgehead atoms. The fraction of sp³-hybridized carbons (Fsp3) is 0.692. The molecule has 1 fully saturated rings. The van der Waals surface area contributed by atoms with Crippen molar-refractivity contribution in [3.05, 3.63) is 24.3 Å². The van der Waals surface area contributed by atoms with E-state index in [-0.39, 0.29) is 0 Å². The van der Waals surface area contributed by atoms with Gasteiger partial charge in [0.15, 0.2) is 0 Å². The summed E-state index contributed by atoms with van der Waals surface area (Å²) >= 11 is 0. The van der Waals surface area contributed by atoms with Crippen molar-refractivity contribution in [2.75, 3.05) is 26.7 Å². The van der Waals surface area contributed by atoms with E-state index in [1.807, 2.05) is 13.2 Å². The minimum absolute atomic E-state index is 0.388. The van der Waals surface area contributed by atoms with E-state index in [2.05, 4.69) is 27.1 Å². The predicted octanol–water partition coefficient (Wildman–Crippen LogP) is 1.47. The lowest BCUT2D eigenvalue weighted by Gasteiger charge is -2.35. The largest absolute Gasteiger partial charge is 0.319 e. The first-order valence-electron chi connectivity index (χ1n) is 6.46. The van der Waals surface area contributed by atoms with E-state index in [1.165, 1.54) is 25.9 Å². The number of hydrogen-bond acceptors (Lipinski definition) is 4. The lowest BCUT2D eigenvalue weighted by Crippen LogP contribution is -2.38. The molecule has 94 valence electrons. The number of piperidine rings is 1. The number of aromatic nitrogens is 2. The van der Waals surface area contributed by atoms with Crippen LogP contribution < -0.4 is 5.32 Å². The highest BCUT2D eigenvalue weighted by Crippen LogP contribution is 2.24. The summed E-state index contributed by atoms with van der Waals surface area (Å²) in [5.41, 5.74) is 1.08. The molecule has 4 heteroatoms. The second kappa shape index (κ2) is 6.07. The minimum atomic E-state index is 0.388. The van der Waals surface area contributed by atoms with Gasteiger partial charge in [0.2, 0.25) is 0 Å². The fourth-order valence-corrected chi connectivity index (χ4v) is 2.55. The fourth-order valence-electron chi connectivity index (χ4n) is 2.55. The van der Waals surface area contributed by atoms with E-state index in [1.54, 1.807) is 12.4 Å². The van der Waals surface area contributed by atoms with Gasteiger partial charge in [0.05, 0.1) is 11.7 Å². The molecule has 0 radical (unpaired) electrons. The van der Waals surface area contributed by atoms with Crippen LogP contribution in [0.3, 0.4) is 0 Å². The quantitative estimate of drug-likeness (QED) is 0.856. The van der Waals surface area contributed by atoms with Crippen LogP contribution in [0, 0.1) is 5.92 Å². The van der Waals surface area contributed by atoms with Crippen molar-refractivity contribution in [2.45, 2.75) is 25.8 Å². The van der Waals surface area contributed by atoms with E-state index in [0.29, 0.717) is 6.04 Å². The summed E-state index contributed by atoms with van der Waals surface area (Å²) in [6.45, 7) is 5.71. The number of likely N-dealkylation sites (tertiary alicyclic amines) is 1. The highest BCUT2D eigenvalue weighted by atomic mass is 15.2. The van der Waals surface area contributed by atoms with E-state index < -0.39 is 0 Å². The highest BCUT2D eigenvalue weighted by molar-refractivity contribution is 5.01. The molecule has 0 spiro atoms. The first-order valence-corrected chi connectivity index (χ1v) is 6.46. The van der Waals surface area contributed by atoms with E-state index in [0.717, 1.165) is 18.2 Å². The van der Waals surface area contributed by atoms with Gasteiger partial charge in [-0.3, -0.25) is 14.9 Å². The number of hydrogen-bond donors (Lipinski definition) is 1. The standard InChI is InChI=1S/C13H22N4/c1-11(13-10-15-5-6-16-13)17-7-3-12(4-8-17)9-14-2/h5-6,10-12,14H,3-4,7-9H2,1-2H3. The maximum Gasteiger partial charge on any atom is 0.0755 e. The van der Waals surface area contributed by atoms with Crippen LogP contribution in [0.2, 0.25) is 0 Å². The molecule has 17 heavy (non-hydrogen) atoms. The average Bonchev–Trinajstić information content (AvgIpc) is 2.40. The molecule has 1 unspecified atom stereocenters. The second-order valence-electron chi connectivity index (χ2n) is 4.84. The first kappa shape index (κ1) is 12.5. The molecule has 0 saturated carbocycles. The monoisotopic (exact) mass is 234 g/mol. The van der Waals surface area contributed by atoms with Gasteiger partial charge >= 0.3 is 0 Å². The molecule has 1 aliphatic heterocycles. The van der Waals surface area contributed by atoms with Crippen LogP contribution in [0.5, 0.6) is 0 Å². The highest BCUT2D eigenvalue weighted by Gasteiger charge is 2.23. The van der Waals surface area contributed by atoms with Gasteiger partial charge in [0.1, 0.15) is 0 Å². The van der Waals surface area contributed by atoms with Gasteiger partial charge in [-0.05, 0) is 52.4 Å². The van der Waals surface area contributed by atoms with Crippen molar-refractivity contribution < 1.29 is 0 Å². The summed E-state index contributed by atoms with van der Waals surface area (Å²) in [4.78, 5) is 11.0. The summed E-state index contributed by atoms with van der Waals surface area (Å²) < 4.78 is 0. The summed E-state index contributed by atoms with van der Waals surface area (Å²) in [6, 6.07) is 0.388. The Hall–Kier alpha value is -1.00. The van der Waals surface area contributed by atoms with Gasteiger partial charge in [-0.15, -0.1) is 0 Å². The van der Waals surface area contributed by atoms with E-state index >= 15 is 0 Å². The van der Waals surface area contributed by atoms with Crippen LogP contribution in [0.4, 0.5) is 0 Å². The number of nitrogens with one attached hydrogen (secondary N) is 1. The van der Waals surface area contributed by atoms with Gasteiger partial charge in [-0.25, -0.2) is 0 Å². The molecule has 1 aliphatic rings. The van der Waals surface area contributed by atoms with Crippen molar-refractivity contribution in [3.8, 4) is 0 Å². The Morgan fingerprint density at radius 2 is 2.18 bits per heavy atom. The Kier molecular flexibility index (Phi) is 4.45. The molecule has 1 atom stereocenters. The van der Waals surface area contributed by atoms with Crippen LogP contribution in [-0.4, -0.2) is 41.5 Å². The molecular formula is C13H22N4. The number of rotatable bonds is 4. The zero-order valence-electron chi connectivity index (χ0n) is 10.8. The third kappa shape index (κ3) is 3.23. The molecule has 2 rings (SSSR count). The summed E-state index contributed by atoms with van der Waals surface area (Å²) in [5, 5.41) is 3.27. The van der Waals surface area contributed by atoms with Crippen LogP contribution in [0.15, 0.2) is 18.6 Å². The van der Waals surface area contributed by atoms with Crippen LogP contribution in [0.1, 0.15) is 31.5 Å². The van der Waals surface area contributed by atoms with Crippen molar-refractivity contribution in [3.63, 3.8) is 0 Å². The van der Waals surface area contributed by atoms with E-state index in [9.17, 15) is 0 Å². The molecule has 4 nitrogen and oxygen atoms in total. The van der Waals surface area contributed by atoms with Crippen molar-refractivity contribution >= 4 is 0 Å². The van der Waals surface area contributed by atoms with Crippen molar-refractivity contribution in [1.82, 2.24) is 20.2 Å². The SMILES string of the molecule is CNCC1CCN(C(C)c2cnccn2)CC1. The first-order chi connectivity index (χ1) is 8.31. The van der Waals surface area contributed by atoms with Crippen LogP contribution >= 0.6 is 0 Å². The van der Waals surface area contributed by atoms with Gasteiger partial charge in [0, 0.05) is 18.6 Å². The number of nitrogens with zero attached hydrogens (tertiary/aromatic N) is 3. The van der Waals surface area contributed by atoms with Gasteiger partial charge in [-0.1, -0.05) is 0 Å². The normalized spacial score (nSPS) is 20.4. The Bertz CT molecular complexity index is 319. The zero-order chi connectivity index (χ0) is 12.1. The van der Waals surface area contributed by atoms with Crippen LogP contribution in [-0.2, 0) is 0 Å². The predicted molar refractivity (Wildman–Crippen MR) is 68.7 cm³/mol. The average molecular weight is 234 g/mol. The van der Waals surface area contributed by atoms with Gasteiger partial charge in [-0.2, -0.15) is 0 Å². The molecule has 1 aromatic heterocycles. The molecular weight excluding hydrogens is 212 g/mol. The minimum Gasteiger partial charge on any atom is -0.319 e. The third-order valence-corrected chi connectivity index (χ3v) is 3.70. The van der Waals surface area contributed by atoms with Crippen LogP contribution in [0.25, 0.3) is 0 Å². The molecule has 1 saturated heterocycles. The Balaban J connectivity index is 1.88. The molecule has 2 heterocycles. The second-order valence-corrected chi connectivity index (χ2v) is 4.84. The molecule has 0 aliphatic carbocycles. The molecule has 0 amide bonds. The van der Waals surface area contributed by atoms with Gasteiger partial charge < -0.3 is 5.32 Å². The van der Waals surface area contributed by atoms with E-state index in [4.69, 9.17) is 0 Å². The molecule has 1 N–H and O–H groups in total. The molecule has 1 aromatic rings. The lowest BCUT2D eigenvalue weighted by molar-refractivity contribution is 0.138. The Morgan fingerprint density at radius 3 is 2.76 bits per heavy atom. The van der Waals surface area contributed by atoms with Crippen molar-refractivity contribution in [1.29, 1.82) is 0 Å². The Labute approximate surface area is 103 Å². The Morgan fingerprint density at radius 1 is 1.41 bits per heavy atom. The summed E-state index contributed by atoms with van der Waals surface area (Å²) in [6.07, 6.45) is 7.95.